The van der Waals surface area contributed by atoms with E-state index in [1.54, 1.807) is 0 Å². The molecule has 0 heterocycles. The predicted molar refractivity (Wildman–Crippen MR) is 35.5 cm³/mol. The molecule has 8 heavy (non-hydrogen) atoms. The van der Waals surface area contributed by atoms with Crippen molar-refractivity contribution in [1.82, 2.24) is 0 Å². The van der Waals surface area contributed by atoms with Gasteiger partial charge in [0.2, 0.25) is 0 Å². The quantitative estimate of drug-likeness (QED) is 0.546. The van der Waals surface area contributed by atoms with E-state index in [4.69, 9.17) is 5.73 Å². The Morgan fingerprint density at radius 2 is 2.00 bits per heavy atom. The Morgan fingerprint density at radius 3 is 2.00 bits per heavy atom. The highest BCUT2D eigenvalue weighted by atomic mass is 14.9. The van der Waals surface area contributed by atoms with Gasteiger partial charge in [-0.3, -0.25) is 0 Å². The summed E-state index contributed by atoms with van der Waals surface area (Å²) in [7, 11) is 0. The minimum absolute atomic E-state index is 0.175. The highest BCUT2D eigenvalue weighted by Gasteiger charge is 2.53. The Bertz CT molecular complexity index is 96.6. The van der Waals surface area contributed by atoms with Crippen LogP contribution >= 0.6 is 0 Å². The number of rotatable bonds is 1. The zero-order chi connectivity index (χ0) is 6.36. The molecule has 2 N–H and O–H groups in total. The normalized spacial score (nSPS) is 54.0. The predicted octanol–water partition coefficient (Wildman–Crippen LogP) is 1.38. The van der Waals surface area contributed by atoms with E-state index in [0.717, 1.165) is 11.8 Å². The van der Waals surface area contributed by atoms with Gasteiger partial charge in [0.15, 0.2) is 0 Å². The van der Waals surface area contributed by atoms with Gasteiger partial charge in [-0.25, -0.2) is 0 Å². The van der Waals surface area contributed by atoms with Gasteiger partial charge < -0.3 is 5.73 Å². The van der Waals surface area contributed by atoms with E-state index in [1.807, 2.05) is 0 Å². The van der Waals surface area contributed by atoms with Crippen molar-refractivity contribution in [2.75, 3.05) is 0 Å². The smallest absolute Gasteiger partial charge is 0.0186 e. The number of nitrogens with two attached hydrogens (primary N) is 1. The van der Waals surface area contributed by atoms with Crippen molar-refractivity contribution in [3.8, 4) is 0 Å². The molecule has 1 aliphatic rings. The second-order valence-corrected chi connectivity index (χ2v) is 3.17. The molecule has 0 aromatic rings. The zero-order valence-electron chi connectivity index (χ0n) is 5.94. The molecule has 1 fully saturated rings. The van der Waals surface area contributed by atoms with Gasteiger partial charge in [0.25, 0.3) is 0 Å². The highest BCUT2D eigenvalue weighted by molar-refractivity contribution is 5.09. The second-order valence-electron chi connectivity index (χ2n) is 3.17. The van der Waals surface area contributed by atoms with Crippen LogP contribution < -0.4 is 5.73 Å². The summed E-state index contributed by atoms with van der Waals surface area (Å²) in [6.45, 7) is 6.58. The molecule has 0 bridgehead atoms. The molecule has 0 radical (unpaired) electrons. The Kier molecular flexibility index (Phi) is 1.12. The summed E-state index contributed by atoms with van der Waals surface area (Å²) < 4.78 is 0. The molecule has 0 aromatic heterocycles. The van der Waals surface area contributed by atoms with Crippen LogP contribution in [-0.4, -0.2) is 5.54 Å². The molecule has 48 valence electrons. The summed E-state index contributed by atoms with van der Waals surface area (Å²) in [5.74, 6) is 1.55. The second kappa shape index (κ2) is 1.47. The summed E-state index contributed by atoms with van der Waals surface area (Å²) in [5, 5.41) is 0. The van der Waals surface area contributed by atoms with E-state index < -0.39 is 0 Å². The van der Waals surface area contributed by atoms with Crippen molar-refractivity contribution in [3.05, 3.63) is 0 Å². The van der Waals surface area contributed by atoms with E-state index >= 15 is 0 Å². The van der Waals surface area contributed by atoms with Crippen molar-refractivity contribution in [2.45, 2.75) is 32.7 Å². The molecular weight excluding hydrogens is 98.1 g/mol. The van der Waals surface area contributed by atoms with Crippen LogP contribution in [0.5, 0.6) is 0 Å². The lowest BCUT2D eigenvalue weighted by Gasteiger charge is -1.97. The molecular formula is C7H15N. The van der Waals surface area contributed by atoms with Gasteiger partial charge in [0, 0.05) is 5.54 Å². The van der Waals surface area contributed by atoms with E-state index in [1.165, 1.54) is 6.42 Å². The minimum atomic E-state index is 0.175. The summed E-state index contributed by atoms with van der Waals surface area (Å²) in [6.07, 6.45) is 1.24. The van der Waals surface area contributed by atoms with Crippen molar-refractivity contribution < 1.29 is 0 Å². The Hall–Kier alpha value is -0.0400. The molecule has 0 amide bonds. The lowest BCUT2D eigenvalue weighted by atomic mass is 10.2. The van der Waals surface area contributed by atoms with Gasteiger partial charge in [-0.2, -0.15) is 0 Å². The van der Waals surface area contributed by atoms with Crippen LogP contribution in [0.3, 0.4) is 0 Å². The Morgan fingerprint density at radius 1 is 1.62 bits per heavy atom. The Labute approximate surface area is 51.3 Å². The lowest BCUT2D eigenvalue weighted by molar-refractivity contribution is 0.631. The maximum atomic E-state index is 5.86. The minimum Gasteiger partial charge on any atom is -0.325 e. The average molecular weight is 113 g/mol. The molecule has 1 rings (SSSR count). The Balaban J connectivity index is 2.45. The highest BCUT2D eigenvalue weighted by Crippen LogP contribution is 2.49. The maximum absolute atomic E-state index is 5.86. The van der Waals surface area contributed by atoms with Crippen LogP contribution in [0.4, 0.5) is 0 Å². The molecule has 3 atom stereocenters. The first-order valence-corrected chi connectivity index (χ1v) is 3.39. The van der Waals surface area contributed by atoms with Gasteiger partial charge in [-0.15, -0.1) is 0 Å². The fourth-order valence-corrected chi connectivity index (χ4v) is 1.66. The van der Waals surface area contributed by atoms with E-state index in [0.29, 0.717) is 0 Å². The maximum Gasteiger partial charge on any atom is 0.0186 e. The third-order valence-electron chi connectivity index (χ3n) is 2.71. The molecule has 1 aliphatic carbocycles. The van der Waals surface area contributed by atoms with E-state index in [2.05, 4.69) is 20.8 Å². The first-order chi connectivity index (χ1) is 3.60. The van der Waals surface area contributed by atoms with Crippen LogP contribution in [0.25, 0.3) is 0 Å². The van der Waals surface area contributed by atoms with Crippen LogP contribution in [0.2, 0.25) is 0 Å². The van der Waals surface area contributed by atoms with Crippen molar-refractivity contribution in [3.63, 3.8) is 0 Å². The summed E-state index contributed by atoms with van der Waals surface area (Å²) in [4.78, 5) is 0. The molecule has 1 nitrogen and oxygen atoms in total. The average Bonchev–Trinajstić information content (AvgIpc) is 2.09. The van der Waals surface area contributed by atoms with Crippen molar-refractivity contribution in [2.24, 2.45) is 17.6 Å². The SMILES string of the molecule is CC[C@@H]1[C@H](C)[C@@]1(C)N. The lowest BCUT2D eigenvalue weighted by Crippen LogP contribution is -2.20. The van der Waals surface area contributed by atoms with Gasteiger partial charge in [-0.05, 0) is 18.8 Å². The first-order valence-electron chi connectivity index (χ1n) is 3.39. The standard InChI is InChI=1S/C7H15N/c1-4-6-5(2)7(6,3)8/h5-6H,4,8H2,1-3H3/t5-,6+,7+/m0/s1. The molecule has 0 spiro atoms. The van der Waals surface area contributed by atoms with Crippen molar-refractivity contribution in [1.29, 1.82) is 0 Å². The molecule has 0 saturated heterocycles. The van der Waals surface area contributed by atoms with Gasteiger partial charge in [-0.1, -0.05) is 20.3 Å². The topological polar surface area (TPSA) is 26.0 Å². The zero-order valence-corrected chi connectivity index (χ0v) is 5.94. The fourth-order valence-electron chi connectivity index (χ4n) is 1.66. The largest absolute Gasteiger partial charge is 0.325 e. The van der Waals surface area contributed by atoms with Crippen LogP contribution in [0, 0.1) is 11.8 Å². The van der Waals surface area contributed by atoms with Crippen LogP contribution in [-0.2, 0) is 0 Å². The van der Waals surface area contributed by atoms with Crippen molar-refractivity contribution >= 4 is 0 Å². The van der Waals surface area contributed by atoms with Gasteiger partial charge in [0.05, 0.1) is 0 Å². The molecule has 0 aliphatic heterocycles. The first kappa shape index (κ1) is 6.09. The summed E-state index contributed by atoms with van der Waals surface area (Å²) in [5.41, 5.74) is 6.04. The van der Waals surface area contributed by atoms with Crippen LogP contribution in [0.1, 0.15) is 27.2 Å². The fraction of sp³-hybridized carbons (Fsp3) is 1.00. The van der Waals surface area contributed by atoms with Gasteiger partial charge >= 0.3 is 0 Å². The molecule has 0 aromatic carbocycles. The molecule has 1 saturated carbocycles. The monoisotopic (exact) mass is 113 g/mol. The third kappa shape index (κ3) is 0.576. The summed E-state index contributed by atoms with van der Waals surface area (Å²) >= 11 is 0. The van der Waals surface area contributed by atoms with E-state index in [-0.39, 0.29) is 5.54 Å². The summed E-state index contributed by atoms with van der Waals surface area (Å²) in [6, 6.07) is 0. The number of hydrogen-bond acceptors (Lipinski definition) is 1. The third-order valence-corrected chi connectivity index (χ3v) is 2.71. The molecule has 0 unspecified atom stereocenters. The van der Waals surface area contributed by atoms with Gasteiger partial charge in [0.1, 0.15) is 0 Å². The van der Waals surface area contributed by atoms with E-state index in [9.17, 15) is 0 Å². The molecule has 1 heteroatoms. The van der Waals surface area contributed by atoms with Crippen LogP contribution in [0.15, 0.2) is 0 Å². The number of hydrogen-bond donors (Lipinski definition) is 1.